The third-order valence-electron chi connectivity index (χ3n) is 3.41. The number of hydrogen-bond acceptors (Lipinski definition) is 3. The van der Waals surface area contributed by atoms with Crippen LogP contribution in [0, 0.1) is 0 Å². The van der Waals surface area contributed by atoms with Crippen molar-refractivity contribution in [3.05, 3.63) is 24.2 Å². The molecule has 0 aliphatic heterocycles. The summed E-state index contributed by atoms with van der Waals surface area (Å²) >= 11 is 0. The largest absolute Gasteiger partial charge is 0.472 e. The van der Waals surface area contributed by atoms with E-state index in [0.717, 1.165) is 24.9 Å². The molecule has 1 aromatic heterocycles. The highest BCUT2D eigenvalue weighted by atomic mass is 16.5. The van der Waals surface area contributed by atoms with E-state index in [0.29, 0.717) is 0 Å². The van der Waals surface area contributed by atoms with E-state index in [2.05, 4.69) is 26.1 Å². The smallest absolute Gasteiger partial charge is 0.0951 e. The minimum absolute atomic E-state index is 0.153. The lowest BCUT2D eigenvalue weighted by Gasteiger charge is -2.38. The summed E-state index contributed by atoms with van der Waals surface area (Å²) in [5, 5.41) is 3.49. The van der Waals surface area contributed by atoms with Crippen LogP contribution in [0.3, 0.4) is 0 Å². The maximum Gasteiger partial charge on any atom is 0.0951 e. The topological polar surface area (TPSA) is 34.4 Å². The lowest BCUT2D eigenvalue weighted by molar-refractivity contribution is -0.0483. The fourth-order valence-electron chi connectivity index (χ4n) is 2.32. The minimum Gasteiger partial charge on any atom is -0.472 e. The van der Waals surface area contributed by atoms with Gasteiger partial charge < -0.3 is 14.5 Å². The molecule has 1 N–H and O–H groups in total. The number of rotatable bonds is 7. The van der Waals surface area contributed by atoms with Crippen molar-refractivity contribution >= 4 is 0 Å². The number of furan rings is 1. The normalized spacial score (nSPS) is 14.0. The van der Waals surface area contributed by atoms with Crippen LogP contribution in [0.5, 0.6) is 0 Å². The standard InChI is InChI=1S/C13H23NO2/c1-5-13(6-2,15-4)12(14-7-3)11-8-9-16-10-11/h8-10,12,14H,5-7H2,1-4H3. The summed E-state index contributed by atoms with van der Waals surface area (Å²) in [7, 11) is 1.79. The summed E-state index contributed by atoms with van der Waals surface area (Å²) < 4.78 is 10.9. The van der Waals surface area contributed by atoms with Crippen LogP contribution in [-0.2, 0) is 4.74 Å². The zero-order chi connectivity index (χ0) is 12.0. The van der Waals surface area contributed by atoms with Crippen molar-refractivity contribution < 1.29 is 9.15 Å². The average molecular weight is 225 g/mol. The van der Waals surface area contributed by atoms with Gasteiger partial charge in [-0.05, 0) is 25.5 Å². The van der Waals surface area contributed by atoms with E-state index in [-0.39, 0.29) is 11.6 Å². The molecule has 0 radical (unpaired) electrons. The van der Waals surface area contributed by atoms with Crippen LogP contribution in [0.25, 0.3) is 0 Å². The van der Waals surface area contributed by atoms with Gasteiger partial charge in [-0.25, -0.2) is 0 Å². The van der Waals surface area contributed by atoms with Gasteiger partial charge in [0.2, 0.25) is 0 Å². The Morgan fingerprint density at radius 1 is 1.38 bits per heavy atom. The molecule has 1 aromatic rings. The van der Waals surface area contributed by atoms with E-state index < -0.39 is 0 Å². The van der Waals surface area contributed by atoms with Gasteiger partial charge in [0, 0.05) is 12.7 Å². The fourth-order valence-corrected chi connectivity index (χ4v) is 2.32. The van der Waals surface area contributed by atoms with Crippen LogP contribution in [0.4, 0.5) is 0 Å². The van der Waals surface area contributed by atoms with E-state index in [1.165, 1.54) is 0 Å². The SMILES string of the molecule is CCNC(c1ccoc1)C(CC)(CC)OC. The summed E-state index contributed by atoms with van der Waals surface area (Å²) in [4.78, 5) is 0. The number of methoxy groups -OCH3 is 1. The first-order chi connectivity index (χ1) is 7.74. The third kappa shape index (κ3) is 2.47. The highest BCUT2D eigenvalue weighted by Crippen LogP contribution is 2.34. The Hall–Kier alpha value is -0.800. The lowest BCUT2D eigenvalue weighted by Crippen LogP contribution is -2.44. The van der Waals surface area contributed by atoms with Crippen LogP contribution in [0.15, 0.2) is 23.0 Å². The Morgan fingerprint density at radius 3 is 2.44 bits per heavy atom. The minimum atomic E-state index is -0.153. The molecule has 0 aliphatic carbocycles. The highest BCUT2D eigenvalue weighted by Gasteiger charge is 2.36. The second kappa shape index (κ2) is 6.06. The molecule has 0 fully saturated rings. The van der Waals surface area contributed by atoms with Crippen LogP contribution in [-0.4, -0.2) is 19.3 Å². The van der Waals surface area contributed by atoms with Crippen molar-refractivity contribution in [2.45, 2.75) is 45.3 Å². The van der Waals surface area contributed by atoms with E-state index in [1.807, 2.05) is 6.07 Å². The van der Waals surface area contributed by atoms with E-state index in [4.69, 9.17) is 9.15 Å². The fraction of sp³-hybridized carbons (Fsp3) is 0.692. The maximum absolute atomic E-state index is 5.77. The molecular formula is C13H23NO2. The van der Waals surface area contributed by atoms with Crippen molar-refractivity contribution in [1.82, 2.24) is 5.32 Å². The summed E-state index contributed by atoms with van der Waals surface area (Å²) in [6.07, 6.45) is 5.46. The Bertz CT molecular complexity index is 270. The second-order valence-electron chi connectivity index (χ2n) is 4.02. The Kier molecular flexibility index (Phi) is 5.03. The van der Waals surface area contributed by atoms with Gasteiger partial charge in [0.25, 0.3) is 0 Å². The molecule has 3 nitrogen and oxygen atoms in total. The second-order valence-corrected chi connectivity index (χ2v) is 4.02. The van der Waals surface area contributed by atoms with Gasteiger partial charge in [-0.1, -0.05) is 20.8 Å². The van der Waals surface area contributed by atoms with Gasteiger partial charge in [-0.2, -0.15) is 0 Å². The molecular weight excluding hydrogens is 202 g/mol. The van der Waals surface area contributed by atoms with E-state index in [1.54, 1.807) is 19.6 Å². The molecule has 1 heterocycles. The summed E-state index contributed by atoms with van der Waals surface area (Å²) in [5.74, 6) is 0. The number of ether oxygens (including phenoxy) is 1. The molecule has 0 amide bonds. The zero-order valence-corrected chi connectivity index (χ0v) is 10.7. The monoisotopic (exact) mass is 225 g/mol. The quantitative estimate of drug-likeness (QED) is 0.774. The predicted molar refractivity (Wildman–Crippen MR) is 65.4 cm³/mol. The van der Waals surface area contributed by atoms with Crippen molar-refractivity contribution in [2.24, 2.45) is 0 Å². The molecule has 1 unspecified atom stereocenters. The molecule has 0 saturated heterocycles. The van der Waals surface area contributed by atoms with Gasteiger partial charge >= 0.3 is 0 Å². The summed E-state index contributed by atoms with van der Waals surface area (Å²) in [5.41, 5.74) is 1.01. The number of likely N-dealkylation sites (N-methyl/N-ethyl adjacent to an activating group) is 1. The molecule has 0 saturated carbocycles. The molecule has 0 aliphatic rings. The Labute approximate surface area is 98.2 Å². The Balaban J connectivity index is 2.99. The van der Waals surface area contributed by atoms with Crippen LogP contribution in [0.1, 0.15) is 45.2 Å². The van der Waals surface area contributed by atoms with Crippen molar-refractivity contribution in [3.8, 4) is 0 Å². The van der Waals surface area contributed by atoms with Gasteiger partial charge in [-0.3, -0.25) is 0 Å². The zero-order valence-electron chi connectivity index (χ0n) is 10.7. The maximum atomic E-state index is 5.77. The molecule has 92 valence electrons. The molecule has 0 aromatic carbocycles. The van der Waals surface area contributed by atoms with Gasteiger partial charge in [0.05, 0.1) is 24.2 Å². The van der Waals surface area contributed by atoms with Gasteiger partial charge in [-0.15, -0.1) is 0 Å². The third-order valence-corrected chi connectivity index (χ3v) is 3.41. The number of nitrogens with one attached hydrogen (secondary N) is 1. The first kappa shape index (κ1) is 13.3. The predicted octanol–water partition coefficient (Wildman–Crippen LogP) is 3.14. The summed E-state index contributed by atoms with van der Waals surface area (Å²) in [6.45, 7) is 7.36. The van der Waals surface area contributed by atoms with Crippen molar-refractivity contribution in [2.75, 3.05) is 13.7 Å². The highest BCUT2D eigenvalue weighted by molar-refractivity contribution is 5.17. The summed E-state index contributed by atoms with van der Waals surface area (Å²) in [6, 6.07) is 2.20. The molecule has 16 heavy (non-hydrogen) atoms. The first-order valence-corrected chi connectivity index (χ1v) is 6.04. The van der Waals surface area contributed by atoms with E-state index >= 15 is 0 Å². The first-order valence-electron chi connectivity index (χ1n) is 6.04. The Morgan fingerprint density at radius 2 is 2.06 bits per heavy atom. The van der Waals surface area contributed by atoms with Crippen molar-refractivity contribution in [3.63, 3.8) is 0 Å². The molecule has 0 spiro atoms. The van der Waals surface area contributed by atoms with E-state index in [9.17, 15) is 0 Å². The molecule has 3 heteroatoms. The molecule has 0 bridgehead atoms. The average Bonchev–Trinajstić information content (AvgIpc) is 2.84. The van der Waals surface area contributed by atoms with Crippen LogP contribution >= 0.6 is 0 Å². The van der Waals surface area contributed by atoms with Crippen molar-refractivity contribution in [1.29, 1.82) is 0 Å². The molecule has 1 rings (SSSR count). The van der Waals surface area contributed by atoms with Crippen LogP contribution in [0.2, 0.25) is 0 Å². The lowest BCUT2D eigenvalue weighted by atomic mass is 9.84. The van der Waals surface area contributed by atoms with Gasteiger partial charge in [0.15, 0.2) is 0 Å². The van der Waals surface area contributed by atoms with Gasteiger partial charge in [0.1, 0.15) is 0 Å². The number of hydrogen-bond donors (Lipinski definition) is 1. The van der Waals surface area contributed by atoms with Crippen LogP contribution < -0.4 is 5.32 Å². The molecule has 1 atom stereocenters.